The Labute approximate surface area is 188 Å². The number of amidine groups is 1. The Morgan fingerprint density at radius 1 is 1.28 bits per heavy atom. The fraction of sp³-hybridized carbons (Fsp3) is 0.375. The second-order valence-electron chi connectivity index (χ2n) is 7.01. The summed E-state index contributed by atoms with van der Waals surface area (Å²) in [4.78, 5) is 4.10. The van der Waals surface area contributed by atoms with Crippen LogP contribution in [0, 0.1) is 5.82 Å². The van der Waals surface area contributed by atoms with Crippen LogP contribution >= 0.6 is 0 Å². The van der Waals surface area contributed by atoms with Gasteiger partial charge in [0.25, 0.3) is 0 Å². The monoisotopic (exact) mass is 451 g/mol. The van der Waals surface area contributed by atoms with Gasteiger partial charge in [-0.2, -0.15) is 8.78 Å². The molecule has 1 aromatic carbocycles. The molecule has 176 valence electrons. The van der Waals surface area contributed by atoms with Crippen LogP contribution in [0.2, 0.25) is 0 Å². The highest BCUT2D eigenvalue weighted by molar-refractivity contribution is 5.83. The highest BCUT2D eigenvalue weighted by atomic mass is 19.3. The fourth-order valence-corrected chi connectivity index (χ4v) is 3.07. The van der Waals surface area contributed by atoms with E-state index >= 15 is 0 Å². The first kappa shape index (κ1) is 26.9. The lowest BCUT2D eigenvalue weighted by Crippen LogP contribution is -2.37. The Morgan fingerprint density at radius 3 is 2.47 bits per heavy atom. The predicted octanol–water partition coefficient (Wildman–Crippen LogP) is 6.37. The predicted molar refractivity (Wildman–Crippen MR) is 124 cm³/mol. The normalized spacial score (nSPS) is 18.2. The molecular weight excluding hydrogens is 419 g/mol. The van der Waals surface area contributed by atoms with Crippen LogP contribution in [0.5, 0.6) is 0 Å². The summed E-state index contributed by atoms with van der Waals surface area (Å²) in [6.07, 6.45) is 3.37. The van der Waals surface area contributed by atoms with Crippen molar-refractivity contribution >= 4 is 11.5 Å². The number of benzene rings is 1. The number of halogens is 3. The number of anilines is 1. The molecule has 0 aromatic heterocycles. The summed E-state index contributed by atoms with van der Waals surface area (Å²) in [5.41, 5.74) is 5.85. The molecule has 0 bridgehead atoms. The van der Waals surface area contributed by atoms with Gasteiger partial charge in [-0.3, -0.25) is 0 Å². The van der Waals surface area contributed by atoms with E-state index in [1.807, 2.05) is 46.8 Å². The Hall–Kier alpha value is -3.16. The van der Waals surface area contributed by atoms with Crippen LogP contribution in [0.1, 0.15) is 47.1 Å². The van der Waals surface area contributed by atoms with Crippen molar-refractivity contribution in [3.05, 3.63) is 76.7 Å². The molecule has 0 saturated heterocycles. The first-order valence-corrected chi connectivity index (χ1v) is 10.3. The van der Waals surface area contributed by atoms with Crippen molar-refractivity contribution in [2.75, 3.05) is 19.0 Å². The average Bonchev–Trinajstić information content (AvgIpc) is 2.75. The Kier molecular flexibility index (Phi) is 10.1. The molecule has 1 unspecified atom stereocenters. The molecule has 0 amide bonds. The zero-order valence-electron chi connectivity index (χ0n) is 19.6. The highest BCUT2D eigenvalue weighted by Gasteiger charge is 2.41. The van der Waals surface area contributed by atoms with Gasteiger partial charge in [-0.25, -0.2) is 9.38 Å². The minimum atomic E-state index is -2.08. The molecule has 3 N–H and O–H groups in total. The van der Waals surface area contributed by atoms with Crippen molar-refractivity contribution < 1.29 is 22.6 Å². The highest BCUT2D eigenvalue weighted by Crippen LogP contribution is 2.41. The molecule has 0 spiro atoms. The average molecular weight is 452 g/mol. The fourth-order valence-electron chi connectivity index (χ4n) is 3.07. The van der Waals surface area contributed by atoms with E-state index in [1.165, 1.54) is 32.2 Å². The summed E-state index contributed by atoms with van der Waals surface area (Å²) in [6, 6.07) is 4.09. The zero-order valence-corrected chi connectivity index (χ0v) is 19.6. The van der Waals surface area contributed by atoms with Gasteiger partial charge in [0.2, 0.25) is 0 Å². The molecule has 1 heterocycles. The van der Waals surface area contributed by atoms with E-state index in [2.05, 4.69) is 10.3 Å². The van der Waals surface area contributed by atoms with Gasteiger partial charge in [-0.05, 0) is 57.5 Å². The van der Waals surface area contributed by atoms with Crippen molar-refractivity contribution in [2.45, 2.75) is 47.1 Å². The third-order valence-electron chi connectivity index (χ3n) is 4.51. The molecule has 1 aromatic rings. The van der Waals surface area contributed by atoms with Gasteiger partial charge < -0.3 is 20.5 Å². The number of hydrogen-bond donors (Lipinski definition) is 2. The standard InChI is InChI=1S/C22H26F3N3O2.C2H6/c1-6-7-8-17(29-5)19(13(2)3)27-14-9-10-16(23)15(11-14)22(4)20(21(24)25)30-12-18(26)28-22;1-2/h6-11,27H,12H2,1-5H3,(H2,26,28);1-2H3/b7-6-,17-8+;. The van der Waals surface area contributed by atoms with E-state index in [9.17, 15) is 13.2 Å². The number of ether oxygens (including phenoxy) is 2. The molecule has 0 saturated carbocycles. The summed E-state index contributed by atoms with van der Waals surface area (Å²) in [5.74, 6) is -0.871. The van der Waals surface area contributed by atoms with Crippen molar-refractivity contribution in [1.82, 2.24) is 0 Å². The van der Waals surface area contributed by atoms with Crippen molar-refractivity contribution in [3.8, 4) is 0 Å². The van der Waals surface area contributed by atoms with E-state index in [-0.39, 0.29) is 18.0 Å². The lowest BCUT2D eigenvalue weighted by Gasteiger charge is -2.32. The summed E-state index contributed by atoms with van der Waals surface area (Å²) < 4.78 is 52.3. The minimum Gasteiger partial charge on any atom is -0.495 e. The number of nitrogens with one attached hydrogen (secondary N) is 1. The van der Waals surface area contributed by atoms with E-state index in [0.29, 0.717) is 17.1 Å². The third-order valence-corrected chi connectivity index (χ3v) is 4.51. The smallest absolute Gasteiger partial charge is 0.310 e. The van der Waals surface area contributed by atoms with Gasteiger partial charge in [0, 0.05) is 11.3 Å². The molecule has 0 aliphatic carbocycles. The van der Waals surface area contributed by atoms with E-state index in [4.69, 9.17) is 15.2 Å². The second-order valence-corrected chi connectivity index (χ2v) is 7.01. The van der Waals surface area contributed by atoms with Crippen molar-refractivity contribution in [2.24, 2.45) is 10.7 Å². The molecular formula is C24H32F3N3O2. The maximum atomic E-state index is 14.7. The zero-order chi connectivity index (χ0) is 24.5. The number of rotatable bonds is 6. The molecule has 32 heavy (non-hydrogen) atoms. The second kappa shape index (κ2) is 12.0. The van der Waals surface area contributed by atoms with Gasteiger partial charge in [-0.1, -0.05) is 26.0 Å². The SMILES string of the molecule is C/C=C\C=C(\OC)C(Nc1ccc(F)c(C2(C)N=C(N)COC2=C(F)F)c1)=C(C)C.CC. The largest absolute Gasteiger partial charge is 0.495 e. The number of aliphatic imine (C=N–C) groups is 1. The quantitative estimate of drug-likeness (QED) is 0.389. The summed E-state index contributed by atoms with van der Waals surface area (Å²) in [7, 11) is 1.54. The number of nitrogens with two attached hydrogens (primary N) is 1. The van der Waals surface area contributed by atoms with E-state index in [1.54, 1.807) is 6.08 Å². The number of allylic oxidation sites excluding steroid dienone is 4. The molecule has 8 heteroatoms. The minimum absolute atomic E-state index is 0.00112. The Morgan fingerprint density at radius 2 is 1.94 bits per heavy atom. The van der Waals surface area contributed by atoms with Gasteiger partial charge in [0.05, 0.1) is 12.8 Å². The topological polar surface area (TPSA) is 68.9 Å². The Bertz CT molecular complexity index is 957. The van der Waals surface area contributed by atoms with Crippen LogP contribution in [0.15, 0.2) is 70.3 Å². The maximum absolute atomic E-state index is 14.7. The van der Waals surface area contributed by atoms with Gasteiger partial charge in [0.15, 0.2) is 11.3 Å². The molecule has 0 radical (unpaired) electrons. The van der Waals surface area contributed by atoms with E-state index < -0.39 is 23.2 Å². The lowest BCUT2D eigenvalue weighted by atomic mass is 9.89. The third kappa shape index (κ3) is 6.18. The molecule has 2 rings (SSSR count). The molecule has 1 aliphatic rings. The van der Waals surface area contributed by atoms with Gasteiger partial charge in [-0.15, -0.1) is 0 Å². The first-order chi connectivity index (χ1) is 15.1. The Balaban J connectivity index is 0.00000249. The van der Waals surface area contributed by atoms with Gasteiger partial charge in [0.1, 0.15) is 24.0 Å². The number of nitrogens with zero attached hydrogens (tertiary/aromatic N) is 1. The molecule has 0 fully saturated rings. The molecule has 1 atom stereocenters. The summed E-state index contributed by atoms with van der Waals surface area (Å²) in [5, 5.41) is 3.18. The first-order valence-electron chi connectivity index (χ1n) is 10.3. The van der Waals surface area contributed by atoms with Crippen LogP contribution in [0.4, 0.5) is 18.9 Å². The van der Waals surface area contributed by atoms with Crippen LogP contribution in [0.3, 0.4) is 0 Å². The number of hydrogen-bond acceptors (Lipinski definition) is 5. The summed E-state index contributed by atoms with van der Waals surface area (Å²) in [6.45, 7) is 10.7. The van der Waals surface area contributed by atoms with Crippen LogP contribution in [0.25, 0.3) is 0 Å². The number of methoxy groups -OCH3 is 1. The van der Waals surface area contributed by atoms with Crippen molar-refractivity contribution in [1.29, 1.82) is 0 Å². The van der Waals surface area contributed by atoms with Crippen molar-refractivity contribution in [3.63, 3.8) is 0 Å². The lowest BCUT2D eigenvalue weighted by molar-refractivity contribution is 0.158. The molecule has 1 aliphatic heterocycles. The van der Waals surface area contributed by atoms with Crippen LogP contribution in [-0.2, 0) is 15.0 Å². The summed E-state index contributed by atoms with van der Waals surface area (Å²) >= 11 is 0. The molecule has 5 nitrogen and oxygen atoms in total. The maximum Gasteiger partial charge on any atom is 0.310 e. The van der Waals surface area contributed by atoms with Crippen LogP contribution in [-0.4, -0.2) is 19.6 Å². The van der Waals surface area contributed by atoms with Gasteiger partial charge >= 0.3 is 6.08 Å². The van der Waals surface area contributed by atoms with E-state index in [0.717, 1.165) is 5.57 Å². The van der Waals surface area contributed by atoms with Crippen LogP contribution < -0.4 is 11.1 Å².